The number of amides is 6. The van der Waals surface area contributed by atoms with Gasteiger partial charge in [0.05, 0.1) is 36.7 Å². The number of carboxylic acid groups (broad SMARTS) is 2. The van der Waals surface area contributed by atoms with Gasteiger partial charge in [0.25, 0.3) is 11.8 Å². The zero-order chi connectivity index (χ0) is 51.7. The van der Waals surface area contributed by atoms with E-state index in [9.17, 15) is 47.9 Å². The summed E-state index contributed by atoms with van der Waals surface area (Å²) in [6.07, 6.45) is 1.14. The van der Waals surface area contributed by atoms with E-state index in [2.05, 4.69) is 26.3 Å². The number of hydrogen-bond donors (Lipinski definition) is 6. The highest BCUT2D eigenvalue weighted by atomic mass is 32.2. The van der Waals surface area contributed by atoms with Gasteiger partial charge in [0.1, 0.15) is 42.4 Å². The Bertz CT molecular complexity index is 2670. The van der Waals surface area contributed by atoms with Crippen LogP contribution in [0.5, 0.6) is 0 Å². The molecule has 1 aromatic heterocycles. The van der Waals surface area contributed by atoms with Gasteiger partial charge < -0.3 is 50.9 Å². The summed E-state index contributed by atoms with van der Waals surface area (Å²) in [5.41, 5.74) is 0.630. The van der Waals surface area contributed by atoms with Crippen molar-refractivity contribution in [1.82, 2.24) is 36.1 Å². The summed E-state index contributed by atoms with van der Waals surface area (Å²) < 4.78 is -1.39. The zero-order valence-electron chi connectivity index (χ0n) is 39.7. The molecule has 2 fully saturated rings. The summed E-state index contributed by atoms with van der Waals surface area (Å²) >= 11 is 2.76. The molecule has 372 valence electrons. The lowest BCUT2D eigenvalue weighted by Crippen LogP contribution is -2.59. The van der Waals surface area contributed by atoms with Crippen LogP contribution in [0.4, 0.5) is 0 Å². The van der Waals surface area contributed by atoms with Crippen LogP contribution in [-0.4, -0.2) is 142 Å². The summed E-state index contributed by atoms with van der Waals surface area (Å²) in [6, 6.07) is 15.7. The van der Waals surface area contributed by atoms with E-state index < -0.39 is 106 Å². The first kappa shape index (κ1) is 54.1. The fourth-order valence-corrected chi connectivity index (χ4v) is 10.5. The normalized spacial score (nSPS) is 18.6. The first-order valence-corrected chi connectivity index (χ1v) is 24.2. The Balaban J connectivity index is 0.000000261. The van der Waals surface area contributed by atoms with Crippen LogP contribution in [0.25, 0.3) is 21.5 Å². The fraction of sp³-hybridized carbons (Fsp3) is 0.408. The third-order valence-corrected chi connectivity index (χ3v) is 14.5. The second-order valence-corrected chi connectivity index (χ2v) is 21.4. The number of fused-ring (bicyclic) bond motifs is 2. The van der Waals surface area contributed by atoms with E-state index in [-0.39, 0.29) is 23.4 Å². The lowest BCUT2D eigenvalue weighted by Gasteiger charge is -2.34. The Morgan fingerprint density at radius 3 is 1.61 bits per heavy atom. The summed E-state index contributed by atoms with van der Waals surface area (Å²) in [5, 5.41) is 31.5. The van der Waals surface area contributed by atoms with Gasteiger partial charge in [-0.1, -0.05) is 74.5 Å². The van der Waals surface area contributed by atoms with Gasteiger partial charge in [-0.15, -0.1) is 23.5 Å². The van der Waals surface area contributed by atoms with Gasteiger partial charge in [0.15, 0.2) is 0 Å². The second kappa shape index (κ2) is 23.2. The van der Waals surface area contributed by atoms with Gasteiger partial charge in [0.2, 0.25) is 23.6 Å². The van der Waals surface area contributed by atoms with Gasteiger partial charge in [-0.2, -0.15) is 0 Å². The van der Waals surface area contributed by atoms with E-state index in [0.717, 1.165) is 16.2 Å². The summed E-state index contributed by atoms with van der Waals surface area (Å²) in [5.74, 6) is -5.41. The number of carbonyl (C=O) groups excluding carboxylic acids is 8. The third-order valence-electron chi connectivity index (χ3n) is 11.8. The highest BCUT2D eigenvalue weighted by Gasteiger charge is 2.51. The van der Waals surface area contributed by atoms with Crippen molar-refractivity contribution in [2.75, 3.05) is 11.8 Å². The molecule has 6 N–H and O–H groups in total. The molecule has 6 atom stereocenters. The molecule has 0 aliphatic carbocycles. The topological polar surface area (TPSA) is 279 Å². The molecule has 2 aliphatic rings. The predicted octanol–water partition coefficient (Wildman–Crippen LogP) is 3.62. The summed E-state index contributed by atoms with van der Waals surface area (Å²) in [6.45, 7) is 12.3. The maximum atomic E-state index is 13.7. The Morgan fingerprint density at radius 1 is 0.643 bits per heavy atom. The van der Waals surface area contributed by atoms with E-state index in [1.54, 1.807) is 78.8 Å². The molecule has 3 aromatic carbocycles. The van der Waals surface area contributed by atoms with Crippen LogP contribution in [0.15, 0.2) is 79.0 Å². The molecule has 2 saturated heterocycles. The lowest BCUT2D eigenvalue weighted by atomic mass is 9.97. The van der Waals surface area contributed by atoms with E-state index >= 15 is 0 Å². The molecule has 3 heterocycles. The molecule has 0 saturated carbocycles. The predicted molar refractivity (Wildman–Crippen MR) is 264 cm³/mol. The molecule has 19 nitrogen and oxygen atoms in total. The number of aliphatic carboxylic acids is 2. The van der Waals surface area contributed by atoms with Crippen LogP contribution >= 0.6 is 23.5 Å². The number of hydrogen-bond acceptors (Lipinski definition) is 13. The van der Waals surface area contributed by atoms with Gasteiger partial charge in [-0.05, 0) is 68.8 Å². The number of aromatic nitrogens is 1. The van der Waals surface area contributed by atoms with Crippen molar-refractivity contribution in [2.24, 2.45) is 5.92 Å². The first-order valence-electron chi connectivity index (χ1n) is 22.3. The molecule has 0 bridgehead atoms. The Labute approximate surface area is 412 Å². The molecule has 21 heteroatoms. The van der Waals surface area contributed by atoms with Crippen molar-refractivity contribution >= 4 is 105 Å². The van der Waals surface area contributed by atoms with E-state index in [1.165, 1.54) is 39.5 Å². The van der Waals surface area contributed by atoms with Crippen molar-refractivity contribution in [3.05, 3.63) is 90.3 Å². The van der Waals surface area contributed by atoms with Gasteiger partial charge >= 0.3 is 11.9 Å². The number of carboxylic acids is 2. The van der Waals surface area contributed by atoms with Crippen LogP contribution in [0.1, 0.15) is 82.2 Å². The Hall–Kier alpha value is -6.87. The number of thioether (sulfide) groups is 2. The van der Waals surface area contributed by atoms with Crippen molar-refractivity contribution in [1.29, 1.82) is 0 Å². The highest BCUT2D eigenvalue weighted by Crippen LogP contribution is 2.41. The van der Waals surface area contributed by atoms with E-state index in [1.807, 2.05) is 42.5 Å². The minimum Gasteiger partial charge on any atom is -0.481 e. The number of pyridine rings is 1. The van der Waals surface area contributed by atoms with Crippen molar-refractivity contribution in [2.45, 2.75) is 107 Å². The highest BCUT2D eigenvalue weighted by molar-refractivity contribution is 8.01. The van der Waals surface area contributed by atoms with E-state index in [4.69, 9.17) is 10.2 Å². The molecule has 6 amide bonds. The maximum absolute atomic E-state index is 13.7. The van der Waals surface area contributed by atoms with E-state index in [0.29, 0.717) is 23.5 Å². The summed E-state index contributed by atoms with van der Waals surface area (Å²) in [7, 11) is 0. The standard InChI is InChI=1S/C25H30N4O6S.C24H27N3O6S/c1-14(2)19(28-22(33)20-17-8-6-5-7-15(17)9-10-26-20)24(35)29-13-36-25(3,4)21(29)23(34)27-16(12-30)11-18(31)32;1-14(25-21(31)18-10-6-8-15-7-4-5-9-17(15)18)23(33)27-13-34-24(2,3)20(27)22(32)26-16(12-28)11-19(29)30/h5-10,12,14,16,19,21H,11,13H2,1-4H3,(H,27,34)(H,28,33)(H,31,32);4-10,12,14,16,20H,11,13H2,1-3H3,(H,25,31)(H,26,32)(H,29,30)/t16-,19-,21+;14-,16-,20+/m00/s1. The monoisotopic (exact) mass is 999 g/mol. The number of nitrogens with zero attached hydrogens (tertiary/aromatic N) is 3. The van der Waals surface area contributed by atoms with Crippen LogP contribution in [-0.2, 0) is 38.4 Å². The number of benzene rings is 3. The number of rotatable bonds is 17. The van der Waals surface area contributed by atoms with Crippen LogP contribution in [0, 0.1) is 5.92 Å². The largest absolute Gasteiger partial charge is 0.481 e. The molecular weight excluding hydrogens is 943 g/mol. The minimum absolute atomic E-state index is 0.194. The van der Waals surface area contributed by atoms with Gasteiger partial charge in [0, 0.05) is 26.6 Å². The van der Waals surface area contributed by atoms with Gasteiger partial charge in [-0.25, -0.2) is 0 Å². The smallest absolute Gasteiger partial charge is 0.305 e. The van der Waals surface area contributed by atoms with Crippen LogP contribution in [0.3, 0.4) is 0 Å². The van der Waals surface area contributed by atoms with Crippen LogP contribution < -0.4 is 21.3 Å². The first-order chi connectivity index (χ1) is 33.0. The average molecular weight is 1000 g/mol. The molecule has 70 heavy (non-hydrogen) atoms. The number of aldehydes is 2. The quantitative estimate of drug-likeness (QED) is 0.0825. The molecule has 6 rings (SSSR count). The summed E-state index contributed by atoms with van der Waals surface area (Å²) in [4.78, 5) is 131. The second-order valence-electron chi connectivity index (χ2n) is 18.2. The maximum Gasteiger partial charge on any atom is 0.305 e. The molecule has 0 spiro atoms. The van der Waals surface area contributed by atoms with Crippen molar-refractivity contribution in [3.63, 3.8) is 0 Å². The molecular formula is C49H57N7O12S2. The third kappa shape index (κ3) is 12.9. The minimum atomic E-state index is -1.23. The SMILES string of the molecule is CC(C)[C@H](NC(=O)c1nccc2ccccc12)C(=O)N1CSC(C)(C)[C@H]1C(=O)N[C@H](C=O)CC(=O)O.C[C@H](NC(=O)c1cccc2ccccc12)C(=O)N1CSC(C)(C)[C@H]1C(=O)N[C@H](C=O)CC(=O)O. The zero-order valence-corrected chi connectivity index (χ0v) is 41.3. The Kier molecular flexibility index (Phi) is 17.9. The molecule has 4 aromatic rings. The lowest BCUT2D eigenvalue weighted by molar-refractivity contribution is -0.143. The van der Waals surface area contributed by atoms with Crippen molar-refractivity contribution in [3.8, 4) is 0 Å². The Morgan fingerprint density at radius 2 is 1.11 bits per heavy atom. The number of carbonyl (C=O) groups is 10. The fourth-order valence-electron chi connectivity index (χ4n) is 8.20. The molecule has 0 unspecified atom stereocenters. The van der Waals surface area contributed by atoms with Crippen LogP contribution in [0.2, 0.25) is 0 Å². The van der Waals surface area contributed by atoms with Crippen molar-refractivity contribution < 1.29 is 58.2 Å². The molecule has 2 aliphatic heterocycles. The molecule has 0 radical (unpaired) electrons. The average Bonchev–Trinajstić information content (AvgIpc) is 3.82. The number of nitrogens with one attached hydrogen (secondary N) is 4. The van der Waals surface area contributed by atoms with Gasteiger partial charge in [-0.3, -0.25) is 43.3 Å².